The van der Waals surface area contributed by atoms with Gasteiger partial charge in [0.25, 0.3) is 11.8 Å². The Morgan fingerprint density at radius 2 is 1.91 bits per heavy atom. The summed E-state index contributed by atoms with van der Waals surface area (Å²) in [5.74, 6) is -2.78. The first-order valence-corrected chi connectivity index (χ1v) is 7.30. The number of aromatic nitrogens is 3. The third-order valence-electron chi connectivity index (χ3n) is 2.93. The van der Waals surface area contributed by atoms with Crippen LogP contribution >= 0.6 is 11.3 Å². The van der Waals surface area contributed by atoms with Crippen molar-refractivity contribution >= 4 is 23.3 Å². The molecule has 118 valence electrons. The van der Waals surface area contributed by atoms with Crippen LogP contribution in [0, 0.1) is 25.5 Å². The first-order valence-electron chi connectivity index (χ1n) is 6.49. The molecule has 1 aromatic carbocycles. The third-order valence-corrected chi connectivity index (χ3v) is 3.99. The lowest BCUT2D eigenvalue weighted by molar-refractivity contribution is 0.101. The lowest BCUT2D eigenvalue weighted by Gasteiger charge is -2.03. The van der Waals surface area contributed by atoms with E-state index in [2.05, 4.69) is 20.5 Å². The molecule has 0 fully saturated rings. The number of carbonyl (C=O) groups excluding carboxylic acids is 1. The van der Waals surface area contributed by atoms with Gasteiger partial charge in [-0.25, -0.2) is 13.8 Å². The van der Waals surface area contributed by atoms with Gasteiger partial charge in [0.2, 0.25) is 0 Å². The minimum Gasteiger partial charge on any atom is -0.402 e. The molecule has 2 heterocycles. The fourth-order valence-corrected chi connectivity index (χ4v) is 2.81. The van der Waals surface area contributed by atoms with E-state index in [1.807, 2.05) is 6.92 Å². The molecule has 0 aliphatic rings. The molecule has 0 spiro atoms. The molecule has 6 nitrogen and oxygen atoms in total. The maximum absolute atomic E-state index is 13.6. The zero-order chi connectivity index (χ0) is 16.6. The SMILES string of the molecule is Cc1nc(C)c(-c2nnc(NC(=O)c3c(F)cccc3F)o2)s1. The standard InChI is InChI=1S/C14H10F2N4O2S/c1-6-11(23-7(2)17-6)13-19-20-14(22-13)18-12(21)10-8(15)4-3-5-9(10)16/h3-5H,1-2H3,(H,18,20,21). The fourth-order valence-electron chi connectivity index (χ4n) is 1.97. The minimum atomic E-state index is -1.01. The van der Waals surface area contributed by atoms with Crippen LogP contribution in [0.25, 0.3) is 10.8 Å². The van der Waals surface area contributed by atoms with Gasteiger partial charge in [0, 0.05) is 0 Å². The monoisotopic (exact) mass is 336 g/mol. The Morgan fingerprint density at radius 3 is 2.52 bits per heavy atom. The Labute approximate surface area is 133 Å². The molecule has 1 amide bonds. The molecule has 0 saturated heterocycles. The van der Waals surface area contributed by atoms with Crippen molar-refractivity contribution in [3.8, 4) is 10.8 Å². The second-order valence-corrected chi connectivity index (χ2v) is 5.81. The summed E-state index contributed by atoms with van der Waals surface area (Å²) in [7, 11) is 0. The van der Waals surface area contributed by atoms with Crippen LogP contribution < -0.4 is 5.32 Å². The second kappa shape index (κ2) is 5.84. The Kier molecular flexibility index (Phi) is 3.87. The number of carbonyl (C=O) groups is 1. The van der Waals surface area contributed by atoms with Gasteiger partial charge in [-0.2, -0.15) is 0 Å². The number of thiazole rings is 1. The summed E-state index contributed by atoms with van der Waals surface area (Å²) >= 11 is 1.36. The van der Waals surface area contributed by atoms with Gasteiger partial charge in [-0.3, -0.25) is 10.1 Å². The molecule has 0 radical (unpaired) electrons. The van der Waals surface area contributed by atoms with Crippen LogP contribution in [0.4, 0.5) is 14.8 Å². The van der Waals surface area contributed by atoms with E-state index in [1.54, 1.807) is 6.92 Å². The van der Waals surface area contributed by atoms with Crippen LogP contribution in [-0.2, 0) is 0 Å². The lowest BCUT2D eigenvalue weighted by atomic mass is 10.2. The van der Waals surface area contributed by atoms with Crippen molar-refractivity contribution in [3.63, 3.8) is 0 Å². The molecule has 0 unspecified atom stereocenters. The van der Waals surface area contributed by atoms with E-state index in [-0.39, 0.29) is 11.9 Å². The molecule has 0 bridgehead atoms. The summed E-state index contributed by atoms with van der Waals surface area (Å²) in [5.41, 5.74) is 0.00578. The Morgan fingerprint density at radius 1 is 1.22 bits per heavy atom. The predicted molar refractivity (Wildman–Crippen MR) is 79.2 cm³/mol. The molecule has 2 aromatic heterocycles. The summed E-state index contributed by atoms with van der Waals surface area (Å²) in [5, 5.41) is 10.5. The summed E-state index contributed by atoms with van der Waals surface area (Å²) in [6, 6.07) is 2.89. The molecule has 0 aliphatic heterocycles. The number of hydrogen-bond donors (Lipinski definition) is 1. The van der Waals surface area contributed by atoms with E-state index in [0.717, 1.165) is 17.1 Å². The van der Waals surface area contributed by atoms with Gasteiger partial charge in [0.15, 0.2) is 0 Å². The number of nitrogens with zero attached hydrogens (tertiary/aromatic N) is 3. The van der Waals surface area contributed by atoms with Crippen LogP contribution in [0.5, 0.6) is 0 Å². The van der Waals surface area contributed by atoms with Gasteiger partial charge in [-0.05, 0) is 26.0 Å². The predicted octanol–water partition coefficient (Wildman–Crippen LogP) is 3.34. The summed E-state index contributed by atoms with van der Waals surface area (Å²) in [6.07, 6.45) is 0. The Balaban J connectivity index is 1.85. The van der Waals surface area contributed by atoms with E-state index in [4.69, 9.17) is 4.42 Å². The van der Waals surface area contributed by atoms with E-state index in [9.17, 15) is 13.6 Å². The summed E-state index contributed by atoms with van der Waals surface area (Å²) in [6.45, 7) is 3.62. The van der Waals surface area contributed by atoms with Crippen molar-refractivity contribution in [1.82, 2.24) is 15.2 Å². The van der Waals surface area contributed by atoms with Crippen LogP contribution in [0.3, 0.4) is 0 Å². The molecule has 23 heavy (non-hydrogen) atoms. The van der Waals surface area contributed by atoms with Gasteiger partial charge < -0.3 is 4.42 Å². The van der Waals surface area contributed by atoms with Crippen molar-refractivity contribution in [3.05, 3.63) is 46.1 Å². The van der Waals surface area contributed by atoms with Crippen molar-refractivity contribution in [1.29, 1.82) is 0 Å². The van der Waals surface area contributed by atoms with Crippen molar-refractivity contribution < 1.29 is 18.0 Å². The van der Waals surface area contributed by atoms with Crippen LogP contribution in [0.1, 0.15) is 21.1 Å². The largest absolute Gasteiger partial charge is 0.402 e. The van der Waals surface area contributed by atoms with Gasteiger partial charge in [-0.15, -0.1) is 16.4 Å². The Bertz CT molecular complexity index is 871. The molecular formula is C14H10F2N4O2S. The Hall–Kier alpha value is -2.68. The quantitative estimate of drug-likeness (QED) is 0.793. The highest BCUT2D eigenvalue weighted by atomic mass is 32.1. The highest BCUT2D eigenvalue weighted by Crippen LogP contribution is 2.29. The number of halogens is 2. The zero-order valence-corrected chi connectivity index (χ0v) is 12.9. The van der Waals surface area contributed by atoms with Gasteiger partial charge in [0.05, 0.1) is 10.7 Å². The second-order valence-electron chi connectivity index (χ2n) is 4.61. The van der Waals surface area contributed by atoms with Crippen LogP contribution in [0.2, 0.25) is 0 Å². The molecule has 0 atom stereocenters. The van der Waals surface area contributed by atoms with Crippen molar-refractivity contribution in [2.45, 2.75) is 13.8 Å². The topological polar surface area (TPSA) is 80.9 Å². The molecule has 0 aliphatic carbocycles. The smallest absolute Gasteiger partial charge is 0.322 e. The number of nitrogens with one attached hydrogen (secondary N) is 1. The average molecular weight is 336 g/mol. The molecule has 9 heteroatoms. The fraction of sp³-hybridized carbons (Fsp3) is 0.143. The van der Waals surface area contributed by atoms with E-state index in [1.165, 1.54) is 17.4 Å². The summed E-state index contributed by atoms with van der Waals surface area (Å²) in [4.78, 5) is 16.9. The highest BCUT2D eigenvalue weighted by molar-refractivity contribution is 7.15. The van der Waals surface area contributed by atoms with Crippen molar-refractivity contribution in [2.75, 3.05) is 5.32 Å². The van der Waals surface area contributed by atoms with Gasteiger partial charge in [-0.1, -0.05) is 11.2 Å². The zero-order valence-electron chi connectivity index (χ0n) is 12.1. The first-order chi connectivity index (χ1) is 11.0. The number of hydrogen-bond acceptors (Lipinski definition) is 6. The molecular weight excluding hydrogens is 326 g/mol. The maximum atomic E-state index is 13.6. The maximum Gasteiger partial charge on any atom is 0.322 e. The number of anilines is 1. The number of amides is 1. The average Bonchev–Trinajstić information content (AvgIpc) is 3.05. The molecule has 3 aromatic rings. The van der Waals surface area contributed by atoms with Crippen LogP contribution in [-0.4, -0.2) is 21.1 Å². The van der Waals surface area contributed by atoms with Gasteiger partial charge in [0.1, 0.15) is 22.1 Å². The molecule has 0 saturated carbocycles. The molecule has 3 rings (SSSR count). The van der Waals surface area contributed by atoms with Gasteiger partial charge >= 0.3 is 6.01 Å². The van der Waals surface area contributed by atoms with E-state index in [0.29, 0.717) is 10.6 Å². The minimum absolute atomic E-state index is 0.178. The third kappa shape index (κ3) is 2.95. The van der Waals surface area contributed by atoms with Crippen LogP contribution in [0.15, 0.2) is 22.6 Å². The van der Waals surface area contributed by atoms with Crippen molar-refractivity contribution in [2.24, 2.45) is 0 Å². The molecule has 1 N–H and O–H groups in total. The normalized spacial score (nSPS) is 10.8. The highest BCUT2D eigenvalue weighted by Gasteiger charge is 2.20. The number of aryl methyl sites for hydroxylation is 2. The van der Waals surface area contributed by atoms with E-state index < -0.39 is 23.1 Å². The van der Waals surface area contributed by atoms with E-state index >= 15 is 0 Å². The number of rotatable bonds is 3. The summed E-state index contributed by atoms with van der Waals surface area (Å²) < 4.78 is 32.4. The first kappa shape index (κ1) is 15.2. The number of benzene rings is 1. The lowest BCUT2D eigenvalue weighted by Crippen LogP contribution is -2.16.